The summed E-state index contributed by atoms with van der Waals surface area (Å²) in [5, 5.41) is 5.65. The second kappa shape index (κ2) is 8.79. The van der Waals surface area contributed by atoms with Gasteiger partial charge in [0.15, 0.2) is 11.5 Å². The summed E-state index contributed by atoms with van der Waals surface area (Å²) in [7, 11) is 0. The summed E-state index contributed by atoms with van der Waals surface area (Å²) < 4.78 is 16.1. The Morgan fingerprint density at radius 3 is 2.83 bits per heavy atom. The van der Waals surface area contributed by atoms with Crippen molar-refractivity contribution in [1.29, 1.82) is 0 Å². The maximum absolute atomic E-state index is 12.5. The van der Waals surface area contributed by atoms with E-state index in [0.717, 1.165) is 25.0 Å². The standard InChI is InChI=1S/C22H22N2O5/c25-21(10-8-15-7-9-19-20(12-15)29-14-28-19)24-18-6-2-1-5-17(18)22(26)23-13-16-4-3-11-27-16/h1-2,5-10,12,16H,3-4,11,13-14H2,(H,23,26)(H,24,25)/b10-8+. The van der Waals surface area contributed by atoms with Gasteiger partial charge in [-0.15, -0.1) is 0 Å². The Morgan fingerprint density at radius 2 is 1.97 bits per heavy atom. The van der Waals surface area contributed by atoms with E-state index in [4.69, 9.17) is 14.2 Å². The highest BCUT2D eigenvalue weighted by Crippen LogP contribution is 2.32. The zero-order valence-corrected chi connectivity index (χ0v) is 15.9. The van der Waals surface area contributed by atoms with Gasteiger partial charge in [0.2, 0.25) is 12.7 Å². The zero-order valence-electron chi connectivity index (χ0n) is 15.9. The van der Waals surface area contributed by atoms with Crippen molar-refractivity contribution in [2.24, 2.45) is 0 Å². The fraction of sp³-hybridized carbons (Fsp3) is 0.273. The van der Waals surface area contributed by atoms with Gasteiger partial charge >= 0.3 is 0 Å². The molecule has 1 saturated heterocycles. The molecule has 7 heteroatoms. The number of amides is 2. The first-order valence-electron chi connectivity index (χ1n) is 9.56. The van der Waals surface area contributed by atoms with E-state index in [1.807, 2.05) is 6.07 Å². The van der Waals surface area contributed by atoms with Crippen LogP contribution in [0.25, 0.3) is 6.08 Å². The van der Waals surface area contributed by atoms with Gasteiger partial charge in [0.1, 0.15) is 0 Å². The third-order valence-electron chi connectivity index (χ3n) is 4.77. The molecule has 2 aromatic rings. The lowest BCUT2D eigenvalue weighted by molar-refractivity contribution is -0.111. The van der Waals surface area contributed by atoms with E-state index in [1.54, 1.807) is 42.5 Å². The van der Waals surface area contributed by atoms with Crippen LogP contribution in [0.15, 0.2) is 48.5 Å². The van der Waals surface area contributed by atoms with E-state index in [9.17, 15) is 9.59 Å². The van der Waals surface area contributed by atoms with Gasteiger partial charge in [0.05, 0.1) is 17.4 Å². The molecule has 2 N–H and O–H groups in total. The van der Waals surface area contributed by atoms with E-state index < -0.39 is 0 Å². The smallest absolute Gasteiger partial charge is 0.253 e. The van der Waals surface area contributed by atoms with Crippen LogP contribution in [-0.4, -0.2) is 37.9 Å². The minimum absolute atomic E-state index is 0.0605. The van der Waals surface area contributed by atoms with E-state index in [1.165, 1.54) is 6.08 Å². The molecule has 0 bridgehead atoms. The lowest BCUT2D eigenvalue weighted by Crippen LogP contribution is -2.32. The Morgan fingerprint density at radius 1 is 1.10 bits per heavy atom. The molecule has 0 spiro atoms. The minimum Gasteiger partial charge on any atom is -0.454 e. The Hall–Kier alpha value is -3.32. The summed E-state index contributed by atoms with van der Waals surface area (Å²) in [5.74, 6) is 0.772. The second-order valence-electron chi connectivity index (χ2n) is 6.83. The highest BCUT2D eigenvalue weighted by Gasteiger charge is 2.18. The molecular formula is C22H22N2O5. The van der Waals surface area contributed by atoms with Crippen LogP contribution in [0.2, 0.25) is 0 Å². The summed E-state index contributed by atoms with van der Waals surface area (Å²) in [6.45, 7) is 1.41. The molecule has 0 radical (unpaired) electrons. The highest BCUT2D eigenvalue weighted by molar-refractivity contribution is 6.07. The summed E-state index contributed by atoms with van der Waals surface area (Å²) in [4.78, 5) is 24.9. The third-order valence-corrected chi connectivity index (χ3v) is 4.77. The van der Waals surface area contributed by atoms with Crippen molar-refractivity contribution in [2.45, 2.75) is 18.9 Å². The van der Waals surface area contributed by atoms with Gasteiger partial charge in [-0.2, -0.15) is 0 Å². The van der Waals surface area contributed by atoms with Crippen molar-refractivity contribution in [3.05, 3.63) is 59.7 Å². The monoisotopic (exact) mass is 394 g/mol. The number of nitrogens with one attached hydrogen (secondary N) is 2. The van der Waals surface area contributed by atoms with Crippen LogP contribution in [0, 0.1) is 0 Å². The lowest BCUT2D eigenvalue weighted by Gasteiger charge is -2.13. The number of carbonyl (C=O) groups is 2. The van der Waals surface area contributed by atoms with E-state index in [-0.39, 0.29) is 24.7 Å². The Kier molecular flexibility index (Phi) is 5.76. The Bertz CT molecular complexity index is 935. The Balaban J connectivity index is 1.38. The minimum atomic E-state index is -0.331. The number of hydrogen-bond acceptors (Lipinski definition) is 5. The number of ether oxygens (including phenoxy) is 3. The van der Waals surface area contributed by atoms with Crippen molar-refractivity contribution < 1.29 is 23.8 Å². The number of fused-ring (bicyclic) bond motifs is 1. The molecule has 29 heavy (non-hydrogen) atoms. The van der Waals surface area contributed by atoms with Crippen molar-refractivity contribution >= 4 is 23.6 Å². The van der Waals surface area contributed by atoms with Crippen LogP contribution in [0.4, 0.5) is 5.69 Å². The summed E-state index contributed by atoms with van der Waals surface area (Å²) >= 11 is 0. The maximum atomic E-state index is 12.5. The fourth-order valence-electron chi connectivity index (χ4n) is 3.26. The summed E-state index contributed by atoms with van der Waals surface area (Å²) in [6.07, 6.45) is 5.12. The molecule has 1 fully saturated rings. The fourth-order valence-corrected chi connectivity index (χ4v) is 3.26. The molecule has 0 aliphatic carbocycles. The molecular weight excluding hydrogens is 372 g/mol. The first-order chi connectivity index (χ1) is 14.2. The van der Waals surface area contributed by atoms with Gasteiger partial charge in [-0.3, -0.25) is 9.59 Å². The molecule has 1 unspecified atom stereocenters. The number of hydrogen-bond donors (Lipinski definition) is 2. The van der Waals surface area contributed by atoms with Gasteiger partial charge in [-0.05, 0) is 48.7 Å². The van der Waals surface area contributed by atoms with Crippen LogP contribution in [0.1, 0.15) is 28.8 Å². The van der Waals surface area contributed by atoms with Crippen molar-refractivity contribution in [3.8, 4) is 11.5 Å². The third kappa shape index (κ3) is 4.75. The predicted molar refractivity (Wildman–Crippen MR) is 108 cm³/mol. The maximum Gasteiger partial charge on any atom is 0.253 e. The van der Waals surface area contributed by atoms with Crippen LogP contribution < -0.4 is 20.1 Å². The van der Waals surface area contributed by atoms with Gasteiger partial charge < -0.3 is 24.8 Å². The number of para-hydroxylation sites is 1. The van der Waals surface area contributed by atoms with Crippen molar-refractivity contribution in [1.82, 2.24) is 5.32 Å². The molecule has 150 valence electrons. The zero-order chi connectivity index (χ0) is 20.1. The number of benzene rings is 2. The van der Waals surface area contributed by atoms with Crippen LogP contribution in [0.3, 0.4) is 0 Å². The molecule has 2 aliphatic heterocycles. The molecule has 2 heterocycles. The van der Waals surface area contributed by atoms with E-state index in [0.29, 0.717) is 29.3 Å². The average Bonchev–Trinajstić information content (AvgIpc) is 3.42. The van der Waals surface area contributed by atoms with Gasteiger partial charge in [-0.1, -0.05) is 18.2 Å². The number of carbonyl (C=O) groups excluding carboxylic acids is 2. The largest absolute Gasteiger partial charge is 0.454 e. The molecule has 0 saturated carbocycles. The quantitative estimate of drug-likeness (QED) is 0.736. The summed E-state index contributed by atoms with van der Waals surface area (Å²) in [6, 6.07) is 12.4. The summed E-state index contributed by atoms with van der Waals surface area (Å²) in [5.41, 5.74) is 1.68. The number of rotatable bonds is 6. The van der Waals surface area contributed by atoms with Crippen molar-refractivity contribution in [2.75, 3.05) is 25.3 Å². The topological polar surface area (TPSA) is 85.9 Å². The van der Waals surface area contributed by atoms with E-state index >= 15 is 0 Å². The molecule has 0 aromatic heterocycles. The van der Waals surface area contributed by atoms with Gasteiger partial charge in [-0.25, -0.2) is 0 Å². The molecule has 4 rings (SSSR count). The molecule has 2 aromatic carbocycles. The first-order valence-corrected chi connectivity index (χ1v) is 9.56. The van der Waals surface area contributed by atoms with Crippen LogP contribution in [-0.2, 0) is 9.53 Å². The second-order valence-corrected chi connectivity index (χ2v) is 6.83. The Labute approximate surface area is 168 Å². The lowest BCUT2D eigenvalue weighted by atomic mass is 10.1. The predicted octanol–water partition coefficient (Wildman–Crippen LogP) is 2.98. The van der Waals surface area contributed by atoms with Crippen molar-refractivity contribution in [3.63, 3.8) is 0 Å². The van der Waals surface area contributed by atoms with Crippen LogP contribution in [0.5, 0.6) is 11.5 Å². The first kappa shape index (κ1) is 19.0. The van der Waals surface area contributed by atoms with Gasteiger partial charge in [0, 0.05) is 19.2 Å². The molecule has 2 amide bonds. The normalized spacial score (nSPS) is 17.4. The van der Waals surface area contributed by atoms with E-state index in [2.05, 4.69) is 10.6 Å². The molecule has 7 nitrogen and oxygen atoms in total. The molecule has 1 atom stereocenters. The number of anilines is 1. The molecule has 2 aliphatic rings. The SMILES string of the molecule is O=C(/C=C/c1ccc2c(c1)OCO2)Nc1ccccc1C(=O)NCC1CCCO1. The average molecular weight is 394 g/mol. The highest BCUT2D eigenvalue weighted by atomic mass is 16.7. The van der Waals surface area contributed by atoms with Gasteiger partial charge in [0.25, 0.3) is 5.91 Å². The van der Waals surface area contributed by atoms with Crippen LogP contribution >= 0.6 is 0 Å².